The molecule has 0 saturated heterocycles. The average molecular weight is 378 g/mol. The number of aldehydes is 1. The van der Waals surface area contributed by atoms with Gasteiger partial charge in [0.2, 0.25) is 0 Å². The number of carbonyl (C=O) groups is 2. The summed E-state index contributed by atoms with van der Waals surface area (Å²) in [5.74, 6) is 0.465. The maximum absolute atomic E-state index is 13.5. The smallest absolute Gasteiger partial charge is 0.254 e. The number of aryl methyl sites for hydroxylation is 2. The fourth-order valence-electron chi connectivity index (χ4n) is 4.37. The molecule has 1 aliphatic rings. The predicted molar refractivity (Wildman–Crippen MR) is 114 cm³/mol. The van der Waals surface area contributed by atoms with E-state index in [0.717, 1.165) is 35.8 Å². The van der Waals surface area contributed by atoms with Gasteiger partial charge in [-0.25, -0.2) is 0 Å². The Morgan fingerprint density at radius 3 is 2.29 bits per heavy atom. The number of hydrogen-bond acceptors (Lipinski definition) is 2. The first-order valence-electron chi connectivity index (χ1n) is 10.5. The van der Waals surface area contributed by atoms with Crippen molar-refractivity contribution < 1.29 is 9.59 Å². The van der Waals surface area contributed by atoms with Gasteiger partial charge in [0.25, 0.3) is 5.91 Å². The lowest BCUT2D eigenvalue weighted by Crippen LogP contribution is -2.45. The number of amides is 1. The van der Waals surface area contributed by atoms with Crippen LogP contribution in [0.15, 0.2) is 48.5 Å². The fourth-order valence-corrected chi connectivity index (χ4v) is 4.37. The van der Waals surface area contributed by atoms with Crippen LogP contribution in [0.4, 0.5) is 0 Å². The standard InChI is InChI=1S/C25H31NO2/c1-19-13-20(2)15-23(14-19)25(28)26(17-22-11-7-4-8-12-22)24(18-27)16-21-9-5-3-6-10-21/h3,5-6,9-10,13-15,18,22,24H,4,7-8,11-12,16-17H2,1-2H3/t24-/m0/s1. The van der Waals surface area contributed by atoms with Gasteiger partial charge in [-0.15, -0.1) is 0 Å². The minimum absolute atomic E-state index is 0.0228. The summed E-state index contributed by atoms with van der Waals surface area (Å²) in [6.07, 6.45) is 7.54. The molecular weight excluding hydrogens is 346 g/mol. The van der Waals surface area contributed by atoms with Crippen molar-refractivity contribution in [3.05, 3.63) is 70.8 Å². The van der Waals surface area contributed by atoms with Crippen molar-refractivity contribution >= 4 is 12.2 Å². The predicted octanol–water partition coefficient (Wildman–Crippen LogP) is 5.14. The molecule has 1 saturated carbocycles. The molecule has 0 unspecified atom stereocenters. The largest absolute Gasteiger partial charge is 0.328 e. The van der Waals surface area contributed by atoms with Gasteiger partial charge in [0, 0.05) is 12.1 Å². The summed E-state index contributed by atoms with van der Waals surface area (Å²) in [6.45, 7) is 4.69. The first kappa shape index (κ1) is 20.3. The molecule has 0 bridgehead atoms. The van der Waals surface area contributed by atoms with E-state index in [2.05, 4.69) is 6.07 Å². The van der Waals surface area contributed by atoms with Gasteiger partial charge < -0.3 is 9.69 Å². The maximum Gasteiger partial charge on any atom is 0.254 e. The maximum atomic E-state index is 13.5. The number of rotatable bonds is 7. The van der Waals surface area contributed by atoms with Crippen molar-refractivity contribution in [2.45, 2.75) is 58.4 Å². The molecule has 0 aromatic heterocycles. The molecule has 1 fully saturated rings. The monoisotopic (exact) mass is 377 g/mol. The molecule has 2 aromatic carbocycles. The molecule has 1 atom stereocenters. The van der Waals surface area contributed by atoms with Gasteiger partial charge in [-0.2, -0.15) is 0 Å². The van der Waals surface area contributed by atoms with Crippen LogP contribution in [-0.2, 0) is 11.2 Å². The second-order valence-electron chi connectivity index (χ2n) is 8.23. The summed E-state index contributed by atoms with van der Waals surface area (Å²) in [7, 11) is 0. The van der Waals surface area contributed by atoms with Crippen molar-refractivity contribution in [2.24, 2.45) is 5.92 Å². The van der Waals surface area contributed by atoms with Crippen LogP contribution in [0.3, 0.4) is 0 Å². The topological polar surface area (TPSA) is 37.4 Å². The quantitative estimate of drug-likeness (QED) is 0.627. The molecule has 28 heavy (non-hydrogen) atoms. The summed E-state index contributed by atoms with van der Waals surface area (Å²) in [5, 5.41) is 0. The van der Waals surface area contributed by atoms with Crippen LogP contribution in [0, 0.1) is 19.8 Å². The van der Waals surface area contributed by atoms with Gasteiger partial charge in [-0.1, -0.05) is 66.8 Å². The van der Waals surface area contributed by atoms with E-state index < -0.39 is 6.04 Å². The Balaban J connectivity index is 1.88. The van der Waals surface area contributed by atoms with Gasteiger partial charge in [0.05, 0.1) is 6.04 Å². The van der Waals surface area contributed by atoms with Crippen LogP contribution in [-0.4, -0.2) is 29.7 Å². The second-order valence-corrected chi connectivity index (χ2v) is 8.23. The molecule has 1 amide bonds. The SMILES string of the molecule is Cc1cc(C)cc(C(=O)N(CC2CCCCC2)[C@H](C=O)Cc2ccccc2)c1. The third-order valence-corrected chi connectivity index (χ3v) is 5.75. The molecular formula is C25H31NO2. The van der Waals surface area contributed by atoms with E-state index in [1.807, 2.05) is 61.2 Å². The van der Waals surface area contributed by atoms with Crippen LogP contribution in [0.1, 0.15) is 59.2 Å². The van der Waals surface area contributed by atoms with Crippen LogP contribution in [0.5, 0.6) is 0 Å². The zero-order valence-corrected chi connectivity index (χ0v) is 17.1. The van der Waals surface area contributed by atoms with E-state index in [-0.39, 0.29) is 5.91 Å². The van der Waals surface area contributed by atoms with Gasteiger partial charge >= 0.3 is 0 Å². The number of carbonyl (C=O) groups excluding carboxylic acids is 2. The van der Waals surface area contributed by atoms with Gasteiger partial charge in [-0.3, -0.25) is 4.79 Å². The second kappa shape index (κ2) is 9.68. The Kier molecular flexibility index (Phi) is 7.02. The zero-order chi connectivity index (χ0) is 19.9. The van der Waals surface area contributed by atoms with Gasteiger partial charge in [-0.05, 0) is 56.7 Å². The van der Waals surface area contributed by atoms with E-state index in [9.17, 15) is 9.59 Å². The molecule has 3 nitrogen and oxygen atoms in total. The van der Waals surface area contributed by atoms with Crippen molar-refractivity contribution in [1.29, 1.82) is 0 Å². The van der Waals surface area contributed by atoms with Crippen LogP contribution >= 0.6 is 0 Å². The highest BCUT2D eigenvalue weighted by atomic mass is 16.2. The average Bonchev–Trinajstić information content (AvgIpc) is 2.71. The summed E-state index contributed by atoms with van der Waals surface area (Å²) < 4.78 is 0. The Bertz CT molecular complexity index is 773. The van der Waals surface area contributed by atoms with Crippen molar-refractivity contribution in [3.8, 4) is 0 Å². The minimum Gasteiger partial charge on any atom is -0.328 e. The first-order chi connectivity index (χ1) is 13.6. The zero-order valence-electron chi connectivity index (χ0n) is 17.1. The van der Waals surface area contributed by atoms with Crippen molar-refractivity contribution in [1.82, 2.24) is 4.90 Å². The normalized spacial score (nSPS) is 15.8. The number of nitrogens with zero attached hydrogens (tertiary/aromatic N) is 1. The molecule has 0 radical (unpaired) electrons. The lowest BCUT2D eigenvalue weighted by atomic mass is 9.88. The number of benzene rings is 2. The molecule has 0 spiro atoms. The molecule has 0 N–H and O–H groups in total. The summed E-state index contributed by atoms with van der Waals surface area (Å²) in [4.78, 5) is 27.4. The van der Waals surface area contributed by atoms with Crippen molar-refractivity contribution in [3.63, 3.8) is 0 Å². The molecule has 3 heteroatoms. The first-order valence-corrected chi connectivity index (χ1v) is 10.5. The van der Waals surface area contributed by atoms with E-state index in [0.29, 0.717) is 24.4 Å². The highest BCUT2D eigenvalue weighted by molar-refractivity contribution is 5.96. The van der Waals surface area contributed by atoms with Gasteiger partial charge in [0.1, 0.15) is 6.29 Å². The summed E-state index contributed by atoms with van der Waals surface area (Å²) in [6, 6.07) is 15.5. The minimum atomic E-state index is -0.433. The molecule has 148 valence electrons. The molecule has 0 aliphatic heterocycles. The molecule has 0 heterocycles. The highest BCUT2D eigenvalue weighted by Gasteiger charge is 2.28. The third-order valence-electron chi connectivity index (χ3n) is 5.75. The number of hydrogen-bond donors (Lipinski definition) is 0. The summed E-state index contributed by atoms with van der Waals surface area (Å²) >= 11 is 0. The Hall–Kier alpha value is -2.42. The van der Waals surface area contributed by atoms with Crippen LogP contribution in [0.25, 0.3) is 0 Å². The van der Waals surface area contributed by atoms with E-state index in [1.165, 1.54) is 19.3 Å². The fraction of sp³-hybridized carbons (Fsp3) is 0.440. The van der Waals surface area contributed by atoms with E-state index in [4.69, 9.17) is 0 Å². The Morgan fingerprint density at radius 2 is 1.68 bits per heavy atom. The van der Waals surface area contributed by atoms with E-state index in [1.54, 1.807) is 0 Å². The molecule has 3 rings (SSSR count). The lowest BCUT2D eigenvalue weighted by Gasteiger charge is -2.33. The van der Waals surface area contributed by atoms with Gasteiger partial charge in [0.15, 0.2) is 0 Å². The Labute approximate surface area is 168 Å². The molecule has 1 aliphatic carbocycles. The third kappa shape index (κ3) is 5.31. The highest BCUT2D eigenvalue weighted by Crippen LogP contribution is 2.26. The summed E-state index contributed by atoms with van der Waals surface area (Å²) in [5.41, 5.74) is 3.92. The van der Waals surface area contributed by atoms with Crippen molar-refractivity contribution in [2.75, 3.05) is 6.54 Å². The van der Waals surface area contributed by atoms with E-state index >= 15 is 0 Å². The van der Waals surface area contributed by atoms with Crippen LogP contribution in [0.2, 0.25) is 0 Å². The van der Waals surface area contributed by atoms with Crippen LogP contribution < -0.4 is 0 Å². The molecule has 2 aromatic rings. The lowest BCUT2D eigenvalue weighted by molar-refractivity contribution is -0.112. The Morgan fingerprint density at radius 1 is 1.04 bits per heavy atom.